The van der Waals surface area contributed by atoms with E-state index in [2.05, 4.69) is 0 Å². The first-order valence-electron chi connectivity index (χ1n) is 4.67. The van der Waals surface area contributed by atoms with Gasteiger partial charge < -0.3 is 14.3 Å². The van der Waals surface area contributed by atoms with Gasteiger partial charge in [0.15, 0.2) is 0 Å². The smallest absolute Gasteiger partial charge is 0.372 e. The van der Waals surface area contributed by atoms with E-state index in [4.69, 9.17) is 14.3 Å². The van der Waals surface area contributed by atoms with Crippen LogP contribution in [0.1, 0.15) is 10.6 Å². The predicted molar refractivity (Wildman–Crippen MR) is 57.7 cm³/mol. The van der Waals surface area contributed by atoms with Crippen LogP contribution < -0.4 is 4.74 Å². The maximum Gasteiger partial charge on any atom is 0.372 e. The molecule has 0 bridgehead atoms. The number of carboxylic acids is 1. The number of furan rings is 1. The van der Waals surface area contributed by atoms with Crippen LogP contribution in [-0.2, 0) is 0 Å². The molecule has 0 fully saturated rings. The van der Waals surface area contributed by atoms with Crippen molar-refractivity contribution in [1.29, 1.82) is 0 Å². The summed E-state index contributed by atoms with van der Waals surface area (Å²) in [5, 5.41) is 8.92. The fraction of sp³-hybridized carbons (Fsp3) is 0.0833. The summed E-state index contributed by atoms with van der Waals surface area (Å²) < 4.78 is 9.99. The Morgan fingerprint density at radius 2 is 2.19 bits per heavy atom. The van der Waals surface area contributed by atoms with Crippen molar-refractivity contribution in [2.75, 3.05) is 7.11 Å². The molecule has 82 valence electrons. The number of rotatable bonds is 3. The molecular formula is C12H10O4. The van der Waals surface area contributed by atoms with E-state index in [9.17, 15) is 4.79 Å². The molecule has 0 spiro atoms. The SMILES string of the molecule is COc1cccc(-c2ccoc2C(=O)O)c1. The molecule has 4 nitrogen and oxygen atoms in total. The van der Waals surface area contributed by atoms with E-state index < -0.39 is 5.97 Å². The Morgan fingerprint density at radius 1 is 1.38 bits per heavy atom. The molecule has 1 heterocycles. The molecule has 0 aliphatic heterocycles. The van der Waals surface area contributed by atoms with Crippen LogP contribution in [0.25, 0.3) is 11.1 Å². The van der Waals surface area contributed by atoms with Crippen molar-refractivity contribution in [3.63, 3.8) is 0 Å². The molecule has 0 radical (unpaired) electrons. The second-order valence-electron chi connectivity index (χ2n) is 3.20. The van der Waals surface area contributed by atoms with Crippen molar-refractivity contribution in [2.45, 2.75) is 0 Å². The summed E-state index contributed by atoms with van der Waals surface area (Å²) in [4.78, 5) is 10.9. The van der Waals surface area contributed by atoms with E-state index in [0.29, 0.717) is 11.3 Å². The van der Waals surface area contributed by atoms with Crippen LogP contribution in [0.3, 0.4) is 0 Å². The average Bonchev–Trinajstić information content (AvgIpc) is 2.78. The maximum absolute atomic E-state index is 10.9. The van der Waals surface area contributed by atoms with Gasteiger partial charge in [0.2, 0.25) is 5.76 Å². The van der Waals surface area contributed by atoms with Gasteiger partial charge in [0, 0.05) is 5.56 Å². The number of carbonyl (C=O) groups is 1. The minimum absolute atomic E-state index is 0.0618. The maximum atomic E-state index is 10.9. The first-order chi connectivity index (χ1) is 7.72. The summed E-state index contributed by atoms with van der Waals surface area (Å²) >= 11 is 0. The van der Waals surface area contributed by atoms with Crippen LogP contribution in [0.15, 0.2) is 41.0 Å². The molecule has 0 aliphatic rings. The number of benzene rings is 1. The van der Waals surface area contributed by atoms with E-state index in [1.165, 1.54) is 6.26 Å². The van der Waals surface area contributed by atoms with E-state index in [1.807, 2.05) is 0 Å². The Bertz CT molecular complexity index is 513. The molecule has 0 saturated heterocycles. The lowest BCUT2D eigenvalue weighted by Gasteiger charge is -2.03. The van der Waals surface area contributed by atoms with Crippen molar-refractivity contribution in [3.8, 4) is 16.9 Å². The topological polar surface area (TPSA) is 59.7 Å². The Hall–Kier alpha value is -2.23. The Kier molecular flexibility index (Phi) is 2.64. The number of hydrogen-bond donors (Lipinski definition) is 1. The molecule has 0 atom stereocenters. The molecule has 0 unspecified atom stereocenters. The molecule has 1 aromatic heterocycles. The lowest BCUT2D eigenvalue weighted by Crippen LogP contribution is -1.95. The van der Waals surface area contributed by atoms with Gasteiger partial charge in [-0.3, -0.25) is 0 Å². The molecule has 1 N–H and O–H groups in total. The fourth-order valence-corrected chi connectivity index (χ4v) is 1.49. The van der Waals surface area contributed by atoms with Crippen molar-refractivity contribution in [1.82, 2.24) is 0 Å². The number of hydrogen-bond acceptors (Lipinski definition) is 3. The van der Waals surface area contributed by atoms with Crippen LogP contribution in [0.2, 0.25) is 0 Å². The third-order valence-corrected chi connectivity index (χ3v) is 2.24. The zero-order chi connectivity index (χ0) is 11.5. The lowest BCUT2D eigenvalue weighted by atomic mass is 10.1. The number of methoxy groups -OCH3 is 1. The highest BCUT2D eigenvalue weighted by Crippen LogP contribution is 2.27. The molecule has 0 saturated carbocycles. The largest absolute Gasteiger partial charge is 0.497 e. The molecule has 16 heavy (non-hydrogen) atoms. The van der Waals surface area contributed by atoms with Crippen LogP contribution in [-0.4, -0.2) is 18.2 Å². The summed E-state index contributed by atoms with van der Waals surface area (Å²) in [7, 11) is 1.56. The van der Waals surface area contributed by atoms with Crippen molar-refractivity contribution < 1.29 is 19.1 Å². The van der Waals surface area contributed by atoms with Gasteiger partial charge in [0.05, 0.1) is 13.4 Å². The van der Waals surface area contributed by atoms with E-state index in [0.717, 1.165) is 5.56 Å². The second kappa shape index (κ2) is 4.10. The standard InChI is InChI=1S/C12H10O4/c1-15-9-4-2-3-8(7-9)10-5-6-16-11(10)12(13)14/h2-7H,1H3,(H,13,14). The van der Waals surface area contributed by atoms with Gasteiger partial charge in [0.1, 0.15) is 5.75 Å². The van der Waals surface area contributed by atoms with Crippen LogP contribution in [0, 0.1) is 0 Å². The Labute approximate surface area is 92.1 Å². The van der Waals surface area contributed by atoms with E-state index >= 15 is 0 Å². The number of carboxylic acid groups (broad SMARTS) is 1. The summed E-state index contributed by atoms with van der Waals surface area (Å²) in [6.07, 6.45) is 1.36. The third-order valence-electron chi connectivity index (χ3n) is 2.24. The summed E-state index contributed by atoms with van der Waals surface area (Å²) in [5.74, 6) is -0.467. The normalized spacial score (nSPS) is 10.1. The van der Waals surface area contributed by atoms with Gasteiger partial charge in [-0.25, -0.2) is 4.79 Å². The van der Waals surface area contributed by atoms with Crippen molar-refractivity contribution >= 4 is 5.97 Å². The lowest BCUT2D eigenvalue weighted by molar-refractivity contribution is 0.0663. The van der Waals surface area contributed by atoms with Crippen molar-refractivity contribution in [2.24, 2.45) is 0 Å². The summed E-state index contributed by atoms with van der Waals surface area (Å²) in [6, 6.07) is 8.78. The quantitative estimate of drug-likeness (QED) is 0.860. The van der Waals surface area contributed by atoms with Crippen LogP contribution in [0.5, 0.6) is 5.75 Å². The predicted octanol–water partition coefficient (Wildman–Crippen LogP) is 2.65. The highest BCUT2D eigenvalue weighted by atomic mass is 16.5. The second-order valence-corrected chi connectivity index (χ2v) is 3.20. The minimum atomic E-state index is -1.08. The van der Waals surface area contributed by atoms with Crippen molar-refractivity contribution in [3.05, 3.63) is 42.4 Å². The number of aromatic carboxylic acids is 1. The molecule has 0 amide bonds. The molecule has 0 aliphatic carbocycles. The summed E-state index contributed by atoms with van der Waals surface area (Å²) in [5.41, 5.74) is 1.30. The molecule has 2 rings (SSSR count). The van der Waals surface area contributed by atoms with E-state index in [-0.39, 0.29) is 5.76 Å². The van der Waals surface area contributed by atoms with Gasteiger partial charge in [-0.2, -0.15) is 0 Å². The third kappa shape index (κ3) is 1.77. The zero-order valence-corrected chi connectivity index (χ0v) is 8.64. The van der Waals surface area contributed by atoms with Gasteiger partial charge in [-0.05, 0) is 23.8 Å². The number of ether oxygens (including phenoxy) is 1. The molecular weight excluding hydrogens is 208 g/mol. The Morgan fingerprint density at radius 3 is 2.88 bits per heavy atom. The molecule has 1 aromatic carbocycles. The van der Waals surface area contributed by atoms with Gasteiger partial charge >= 0.3 is 5.97 Å². The average molecular weight is 218 g/mol. The highest BCUT2D eigenvalue weighted by Gasteiger charge is 2.15. The Balaban J connectivity index is 2.50. The van der Waals surface area contributed by atoms with E-state index in [1.54, 1.807) is 37.4 Å². The first kappa shape index (κ1) is 10.3. The van der Waals surface area contributed by atoms with Gasteiger partial charge in [-0.15, -0.1) is 0 Å². The fourth-order valence-electron chi connectivity index (χ4n) is 1.49. The monoisotopic (exact) mass is 218 g/mol. The van der Waals surface area contributed by atoms with Gasteiger partial charge in [0.25, 0.3) is 0 Å². The summed E-state index contributed by atoms with van der Waals surface area (Å²) in [6.45, 7) is 0. The molecule has 2 aromatic rings. The zero-order valence-electron chi connectivity index (χ0n) is 8.64. The highest BCUT2D eigenvalue weighted by molar-refractivity contribution is 5.93. The molecule has 4 heteroatoms. The van der Waals surface area contributed by atoms with Crippen LogP contribution in [0.4, 0.5) is 0 Å². The minimum Gasteiger partial charge on any atom is -0.497 e. The van der Waals surface area contributed by atoms with Gasteiger partial charge in [-0.1, -0.05) is 12.1 Å². The van der Waals surface area contributed by atoms with Crippen LogP contribution >= 0.6 is 0 Å². The first-order valence-corrected chi connectivity index (χ1v) is 4.67.